The first-order valence-corrected chi connectivity index (χ1v) is 7.04. The number of benzene rings is 2. The molecule has 0 aliphatic carbocycles. The van der Waals surface area contributed by atoms with Gasteiger partial charge in [0, 0.05) is 10.0 Å². The Morgan fingerprint density at radius 3 is 2.65 bits per heavy atom. The molecule has 3 rings (SSSR count). The number of aromatic nitrogens is 1. The molecule has 1 nitrogen and oxygen atoms in total. The van der Waals surface area contributed by atoms with Crippen LogP contribution in [0, 0.1) is 0 Å². The van der Waals surface area contributed by atoms with Crippen molar-refractivity contribution in [3.63, 3.8) is 0 Å². The average Bonchev–Trinajstić information content (AvgIpc) is 2.75. The molecule has 0 fully saturated rings. The van der Waals surface area contributed by atoms with Crippen LogP contribution in [0.1, 0.15) is 0 Å². The minimum absolute atomic E-state index is 0.706. The second-order valence-corrected chi connectivity index (χ2v) is 5.88. The lowest BCUT2D eigenvalue weighted by molar-refractivity contribution is 1.46. The number of nitrogens with zero attached hydrogens (tertiary/aromatic N) is 1. The Morgan fingerprint density at radius 1 is 1.06 bits per heavy atom. The van der Waals surface area contributed by atoms with Crippen molar-refractivity contribution < 1.29 is 0 Å². The van der Waals surface area contributed by atoms with Gasteiger partial charge in [0.25, 0.3) is 0 Å². The topological polar surface area (TPSA) is 12.9 Å². The fraction of sp³-hybridized carbons (Fsp3) is 0. The van der Waals surface area contributed by atoms with Gasteiger partial charge in [-0.2, -0.15) is 0 Å². The summed E-state index contributed by atoms with van der Waals surface area (Å²) in [6.45, 7) is 0. The van der Waals surface area contributed by atoms with Crippen LogP contribution in [0.5, 0.6) is 0 Å². The van der Waals surface area contributed by atoms with E-state index in [9.17, 15) is 0 Å². The minimum atomic E-state index is 0.706. The number of thiazole rings is 1. The Kier molecular flexibility index (Phi) is 2.90. The molecular weight excluding hydrogens is 318 g/mol. The number of fused-ring (bicyclic) bond motifs is 1. The van der Waals surface area contributed by atoms with Crippen molar-refractivity contribution >= 4 is 49.1 Å². The van der Waals surface area contributed by atoms with E-state index in [4.69, 9.17) is 11.6 Å². The van der Waals surface area contributed by atoms with Gasteiger partial charge in [-0.05, 0) is 18.2 Å². The number of halogens is 2. The summed E-state index contributed by atoms with van der Waals surface area (Å²) in [5.41, 5.74) is 1.98. The summed E-state index contributed by atoms with van der Waals surface area (Å²) in [5, 5.41) is 1.69. The van der Waals surface area contributed by atoms with Crippen molar-refractivity contribution in [2.75, 3.05) is 0 Å². The maximum Gasteiger partial charge on any atom is 0.125 e. The molecule has 84 valence electrons. The first-order chi connectivity index (χ1) is 8.25. The predicted molar refractivity (Wildman–Crippen MR) is 77.8 cm³/mol. The largest absolute Gasteiger partial charge is 0.234 e. The zero-order valence-electron chi connectivity index (χ0n) is 8.65. The van der Waals surface area contributed by atoms with Gasteiger partial charge in [-0.3, -0.25) is 0 Å². The zero-order chi connectivity index (χ0) is 11.8. The molecule has 0 radical (unpaired) electrons. The van der Waals surface area contributed by atoms with Gasteiger partial charge in [0.2, 0.25) is 0 Å². The number of rotatable bonds is 1. The Labute approximate surface area is 116 Å². The molecule has 0 amide bonds. The number of hydrogen-bond acceptors (Lipinski definition) is 2. The van der Waals surface area contributed by atoms with Crippen molar-refractivity contribution in [2.45, 2.75) is 0 Å². The summed E-state index contributed by atoms with van der Waals surface area (Å²) in [5.74, 6) is 0. The van der Waals surface area contributed by atoms with Gasteiger partial charge in [-0.1, -0.05) is 51.8 Å². The van der Waals surface area contributed by atoms with E-state index in [1.807, 2.05) is 36.4 Å². The van der Waals surface area contributed by atoms with E-state index in [2.05, 4.69) is 27.0 Å². The van der Waals surface area contributed by atoms with Crippen molar-refractivity contribution in [3.05, 3.63) is 52.0 Å². The highest BCUT2D eigenvalue weighted by atomic mass is 79.9. The monoisotopic (exact) mass is 323 g/mol. The zero-order valence-corrected chi connectivity index (χ0v) is 11.8. The average molecular weight is 325 g/mol. The molecule has 17 heavy (non-hydrogen) atoms. The molecule has 0 atom stereocenters. The lowest BCUT2D eigenvalue weighted by Gasteiger charge is -1.98. The van der Waals surface area contributed by atoms with Crippen LogP contribution in [0.25, 0.3) is 20.8 Å². The molecule has 0 aliphatic heterocycles. The van der Waals surface area contributed by atoms with Gasteiger partial charge in [0.05, 0.1) is 9.72 Å². The summed E-state index contributed by atoms with van der Waals surface area (Å²) >= 11 is 11.3. The van der Waals surface area contributed by atoms with Crippen LogP contribution < -0.4 is 0 Å². The molecule has 0 aliphatic rings. The van der Waals surface area contributed by atoms with Gasteiger partial charge < -0.3 is 0 Å². The van der Waals surface area contributed by atoms with E-state index in [-0.39, 0.29) is 0 Å². The maximum atomic E-state index is 6.13. The van der Waals surface area contributed by atoms with Crippen molar-refractivity contribution in [2.24, 2.45) is 0 Å². The second kappa shape index (κ2) is 4.41. The van der Waals surface area contributed by atoms with Gasteiger partial charge >= 0.3 is 0 Å². The fourth-order valence-electron chi connectivity index (χ4n) is 1.66. The number of hydrogen-bond donors (Lipinski definition) is 0. The Bertz CT molecular complexity index is 693. The van der Waals surface area contributed by atoms with Crippen LogP contribution in [0.2, 0.25) is 5.02 Å². The molecule has 2 aromatic carbocycles. The standard InChI is InChI=1S/C13H7BrClNS/c14-9-5-2-1-4-8(9)13-16-12-10(15)6-3-7-11(12)17-13/h1-7H. The lowest BCUT2D eigenvalue weighted by atomic mass is 10.2. The summed E-state index contributed by atoms with van der Waals surface area (Å²) in [7, 11) is 0. The van der Waals surface area contributed by atoms with Gasteiger partial charge in [-0.25, -0.2) is 4.98 Å². The predicted octanol–water partition coefficient (Wildman–Crippen LogP) is 5.38. The normalized spacial score (nSPS) is 10.9. The van der Waals surface area contributed by atoms with Crippen LogP contribution in [-0.2, 0) is 0 Å². The fourth-order valence-corrected chi connectivity index (χ4v) is 3.57. The lowest BCUT2D eigenvalue weighted by Crippen LogP contribution is -1.77. The van der Waals surface area contributed by atoms with Gasteiger partial charge in [-0.15, -0.1) is 11.3 Å². The molecule has 4 heteroatoms. The molecule has 0 spiro atoms. The Morgan fingerprint density at radius 2 is 1.88 bits per heavy atom. The highest BCUT2D eigenvalue weighted by molar-refractivity contribution is 9.10. The van der Waals surface area contributed by atoms with Crippen LogP contribution in [-0.4, -0.2) is 4.98 Å². The highest BCUT2D eigenvalue weighted by Crippen LogP contribution is 2.36. The van der Waals surface area contributed by atoms with E-state index in [0.29, 0.717) is 5.02 Å². The third kappa shape index (κ3) is 1.99. The maximum absolute atomic E-state index is 6.13. The van der Waals surface area contributed by atoms with E-state index >= 15 is 0 Å². The highest BCUT2D eigenvalue weighted by Gasteiger charge is 2.10. The third-order valence-corrected chi connectivity index (χ3v) is 4.52. The summed E-state index contributed by atoms with van der Waals surface area (Å²) < 4.78 is 2.17. The molecule has 1 aromatic heterocycles. The smallest absolute Gasteiger partial charge is 0.125 e. The van der Waals surface area contributed by atoms with Crippen LogP contribution >= 0.6 is 38.9 Å². The summed E-state index contributed by atoms with van der Waals surface area (Å²) in [6, 6.07) is 13.9. The van der Waals surface area contributed by atoms with E-state index in [0.717, 1.165) is 25.3 Å². The summed E-state index contributed by atoms with van der Waals surface area (Å²) in [4.78, 5) is 4.60. The Hall–Kier alpha value is -0.900. The van der Waals surface area contributed by atoms with Crippen LogP contribution in [0.15, 0.2) is 46.9 Å². The third-order valence-electron chi connectivity index (χ3n) is 2.47. The van der Waals surface area contributed by atoms with E-state index in [1.54, 1.807) is 11.3 Å². The van der Waals surface area contributed by atoms with E-state index < -0.39 is 0 Å². The van der Waals surface area contributed by atoms with Gasteiger partial charge in [0.15, 0.2) is 0 Å². The summed E-state index contributed by atoms with van der Waals surface area (Å²) in [6.07, 6.45) is 0. The van der Waals surface area contributed by atoms with Crippen LogP contribution in [0.3, 0.4) is 0 Å². The first-order valence-electron chi connectivity index (χ1n) is 5.05. The van der Waals surface area contributed by atoms with Crippen molar-refractivity contribution in [1.82, 2.24) is 4.98 Å². The molecular formula is C13H7BrClNS. The minimum Gasteiger partial charge on any atom is -0.234 e. The quantitative estimate of drug-likeness (QED) is 0.585. The van der Waals surface area contributed by atoms with Crippen LogP contribution in [0.4, 0.5) is 0 Å². The van der Waals surface area contributed by atoms with Crippen molar-refractivity contribution in [1.29, 1.82) is 0 Å². The van der Waals surface area contributed by atoms with Gasteiger partial charge in [0.1, 0.15) is 10.5 Å². The molecule has 1 heterocycles. The molecule has 0 saturated heterocycles. The first kappa shape index (κ1) is 11.2. The SMILES string of the molecule is Clc1cccc2sc(-c3ccccc3Br)nc12. The number of para-hydroxylation sites is 1. The molecule has 3 aromatic rings. The molecule has 0 bridgehead atoms. The Balaban J connectivity index is 2.26. The second-order valence-electron chi connectivity index (χ2n) is 3.59. The van der Waals surface area contributed by atoms with Crippen molar-refractivity contribution in [3.8, 4) is 10.6 Å². The molecule has 0 unspecified atom stereocenters. The molecule has 0 N–H and O–H groups in total. The van der Waals surface area contributed by atoms with E-state index in [1.165, 1.54) is 0 Å². The molecule has 0 saturated carbocycles.